The maximum Gasteiger partial charge on any atom is 0.0957 e. The Morgan fingerprint density at radius 1 is 1.41 bits per heavy atom. The van der Waals surface area contributed by atoms with Gasteiger partial charge >= 0.3 is 0 Å². The number of nitrogens with zero attached hydrogens (tertiary/aromatic N) is 2. The summed E-state index contributed by atoms with van der Waals surface area (Å²) in [7, 11) is 0. The van der Waals surface area contributed by atoms with Gasteiger partial charge in [-0.2, -0.15) is 0 Å². The van der Waals surface area contributed by atoms with E-state index < -0.39 is 6.10 Å². The molecule has 1 fully saturated rings. The van der Waals surface area contributed by atoms with Crippen molar-refractivity contribution < 1.29 is 9.84 Å². The van der Waals surface area contributed by atoms with E-state index in [-0.39, 0.29) is 0 Å². The second-order valence-corrected chi connectivity index (χ2v) is 4.32. The molecule has 0 aromatic carbocycles. The van der Waals surface area contributed by atoms with E-state index in [4.69, 9.17) is 4.74 Å². The van der Waals surface area contributed by atoms with Crippen LogP contribution in [0.4, 0.5) is 5.69 Å². The Morgan fingerprint density at radius 3 is 3.00 bits per heavy atom. The van der Waals surface area contributed by atoms with Gasteiger partial charge in [0.25, 0.3) is 0 Å². The molecule has 2 heterocycles. The van der Waals surface area contributed by atoms with Crippen molar-refractivity contribution in [3.63, 3.8) is 0 Å². The first-order valence-electron chi connectivity index (χ1n) is 6.28. The number of hydrogen-bond donors (Lipinski definition) is 1. The van der Waals surface area contributed by atoms with E-state index in [1.807, 2.05) is 25.3 Å². The number of hydrogen-bond acceptors (Lipinski definition) is 4. The molecule has 0 radical (unpaired) electrons. The van der Waals surface area contributed by atoms with E-state index in [0.717, 1.165) is 44.1 Å². The van der Waals surface area contributed by atoms with Crippen LogP contribution in [0.5, 0.6) is 0 Å². The second kappa shape index (κ2) is 5.98. The second-order valence-electron chi connectivity index (χ2n) is 4.32. The molecule has 1 aromatic rings. The molecule has 0 amide bonds. The summed E-state index contributed by atoms with van der Waals surface area (Å²) >= 11 is 0. The number of ether oxygens (including phenoxy) is 1. The number of rotatable bonds is 3. The van der Waals surface area contributed by atoms with E-state index in [2.05, 4.69) is 9.88 Å². The largest absolute Gasteiger partial charge is 0.387 e. The quantitative estimate of drug-likeness (QED) is 0.868. The third-order valence-corrected chi connectivity index (χ3v) is 3.09. The van der Waals surface area contributed by atoms with Gasteiger partial charge in [-0.1, -0.05) is 6.92 Å². The lowest BCUT2D eigenvalue weighted by Crippen LogP contribution is -2.26. The van der Waals surface area contributed by atoms with Gasteiger partial charge in [0.05, 0.1) is 30.3 Å². The van der Waals surface area contributed by atoms with Crippen molar-refractivity contribution in [1.29, 1.82) is 0 Å². The molecule has 1 aliphatic heterocycles. The van der Waals surface area contributed by atoms with Crippen LogP contribution >= 0.6 is 0 Å². The lowest BCUT2D eigenvalue weighted by molar-refractivity contribution is 0.152. The normalized spacial score (nSPS) is 18.8. The zero-order valence-corrected chi connectivity index (χ0v) is 10.3. The van der Waals surface area contributed by atoms with Crippen molar-refractivity contribution in [3.8, 4) is 0 Å². The number of pyridine rings is 1. The van der Waals surface area contributed by atoms with Crippen LogP contribution in [0.2, 0.25) is 0 Å². The summed E-state index contributed by atoms with van der Waals surface area (Å²) < 4.78 is 5.42. The Balaban J connectivity index is 2.05. The summed E-state index contributed by atoms with van der Waals surface area (Å²) in [4.78, 5) is 6.60. The SMILES string of the molecule is CCC(O)c1ccc(N2CCCOCC2)cn1. The molecule has 4 nitrogen and oxygen atoms in total. The highest BCUT2D eigenvalue weighted by molar-refractivity contribution is 5.44. The van der Waals surface area contributed by atoms with Gasteiger partial charge in [0, 0.05) is 19.7 Å². The fourth-order valence-electron chi connectivity index (χ4n) is 2.00. The van der Waals surface area contributed by atoms with Crippen LogP contribution in [0.3, 0.4) is 0 Å². The molecule has 2 rings (SSSR count). The molecule has 1 N–H and O–H groups in total. The Bertz CT molecular complexity index is 332. The number of anilines is 1. The molecular weight excluding hydrogens is 216 g/mol. The predicted octanol–water partition coefficient (Wildman–Crippen LogP) is 1.75. The minimum absolute atomic E-state index is 0.448. The summed E-state index contributed by atoms with van der Waals surface area (Å²) in [6, 6.07) is 3.95. The summed E-state index contributed by atoms with van der Waals surface area (Å²) in [5.41, 5.74) is 1.87. The lowest BCUT2D eigenvalue weighted by atomic mass is 10.2. The van der Waals surface area contributed by atoms with Gasteiger partial charge in [0.15, 0.2) is 0 Å². The molecule has 1 atom stereocenters. The maximum atomic E-state index is 9.68. The third kappa shape index (κ3) is 3.17. The molecule has 17 heavy (non-hydrogen) atoms. The Labute approximate surface area is 102 Å². The summed E-state index contributed by atoms with van der Waals surface area (Å²) in [6.07, 6.45) is 3.15. The van der Waals surface area contributed by atoms with Gasteiger partial charge in [-0.15, -0.1) is 0 Å². The molecule has 0 spiro atoms. The Morgan fingerprint density at radius 2 is 2.29 bits per heavy atom. The summed E-state index contributed by atoms with van der Waals surface area (Å²) in [5.74, 6) is 0. The van der Waals surface area contributed by atoms with Crippen molar-refractivity contribution in [2.45, 2.75) is 25.9 Å². The topological polar surface area (TPSA) is 45.6 Å². The zero-order valence-electron chi connectivity index (χ0n) is 10.3. The van der Waals surface area contributed by atoms with Crippen molar-refractivity contribution >= 4 is 5.69 Å². The number of aliphatic hydroxyl groups excluding tert-OH is 1. The number of aromatic nitrogens is 1. The van der Waals surface area contributed by atoms with E-state index >= 15 is 0 Å². The molecule has 1 unspecified atom stereocenters. The van der Waals surface area contributed by atoms with Crippen LogP contribution in [-0.4, -0.2) is 36.4 Å². The monoisotopic (exact) mass is 236 g/mol. The molecule has 94 valence electrons. The van der Waals surface area contributed by atoms with Gasteiger partial charge in [0.1, 0.15) is 0 Å². The molecule has 4 heteroatoms. The summed E-state index contributed by atoms with van der Waals surface area (Å²) in [5, 5.41) is 9.68. The van der Waals surface area contributed by atoms with E-state index in [9.17, 15) is 5.11 Å². The average Bonchev–Trinajstić information content (AvgIpc) is 2.67. The van der Waals surface area contributed by atoms with Crippen molar-refractivity contribution in [3.05, 3.63) is 24.0 Å². The highest BCUT2D eigenvalue weighted by Gasteiger charge is 2.11. The predicted molar refractivity (Wildman–Crippen MR) is 67.1 cm³/mol. The standard InChI is InChI=1S/C13H20N2O2/c1-2-13(16)12-5-4-11(10-14-12)15-6-3-8-17-9-7-15/h4-5,10,13,16H,2-3,6-9H2,1H3. The van der Waals surface area contributed by atoms with Gasteiger partial charge in [-0.3, -0.25) is 4.98 Å². The number of aliphatic hydroxyl groups is 1. The molecule has 1 aliphatic rings. The first-order valence-corrected chi connectivity index (χ1v) is 6.28. The van der Waals surface area contributed by atoms with Crippen molar-refractivity contribution in [2.75, 3.05) is 31.2 Å². The van der Waals surface area contributed by atoms with E-state index in [0.29, 0.717) is 6.42 Å². The molecule has 0 bridgehead atoms. The molecule has 0 aliphatic carbocycles. The molecular formula is C13H20N2O2. The molecule has 1 saturated heterocycles. The highest BCUT2D eigenvalue weighted by atomic mass is 16.5. The van der Waals surface area contributed by atoms with Crippen LogP contribution < -0.4 is 4.90 Å². The smallest absolute Gasteiger partial charge is 0.0957 e. The van der Waals surface area contributed by atoms with Crippen LogP contribution in [0, 0.1) is 0 Å². The van der Waals surface area contributed by atoms with Crippen LogP contribution in [0.15, 0.2) is 18.3 Å². The van der Waals surface area contributed by atoms with E-state index in [1.165, 1.54) is 0 Å². The Kier molecular flexibility index (Phi) is 4.34. The molecule has 0 saturated carbocycles. The molecule has 1 aromatic heterocycles. The fourth-order valence-corrected chi connectivity index (χ4v) is 2.00. The first kappa shape index (κ1) is 12.3. The van der Waals surface area contributed by atoms with Gasteiger partial charge in [0.2, 0.25) is 0 Å². The van der Waals surface area contributed by atoms with Crippen LogP contribution in [0.25, 0.3) is 0 Å². The minimum atomic E-state index is -0.448. The van der Waals surface area contributed by atoms with Crippen molar-refractivity contribution in [2.24, 2.45) is 0 Å². The van der Waals surface area contributed by atoms with E-state index in [1.54, 1.807) is 0 Å². The Hall–Kier alpha value is -1.13. The highest BCUT2D eigenvalue weighted by Crippen LogP contribution is 2.19. The third-order valence-electron chi connectivity index (χ3n) is 3.09. The van der Waals surface area contributed by atoms with Crippen molar-refractivity contribution in [1.82, 2.24) is 4.98 Å². The minimum Gasteiger partial charge on any atom is -0.387 e. The van der Waals surface area contributed by atoms with Gasteiger partial charge in [-0.05, 0) is 25.0 Å². The maximum absolute atomic E-state index is 9.68. The zero-order chi connectivity index (χ0) is 12.1. The van der Waals surface area contributed by atoms with Gasteiger partial charge < -0.3 is 14.7 Å². The van der Waals surface area contributed by atoms with Crippen LogP contribution in [-0.2, 0) is 4.74 Å². The lowest BCUT2D eigenvalue weighted by Gasteiger charge is -2.21. The average molecular weight is 236 g/mol. The summed E-state index contributed by atoms with van der Waals surface area (Å²) in [6.45, 7) is 5.50. The fraction of sp³-hybridized carbons (Fsp3) is 0.615. The van der Waals surface area contributed by atoms with Crippen LogP contribution in [0.1, 0.15) is 31.6 Å². The van der Waals surface area contributed by atoms with Gasteiger partial charge in [-0.25, -0.2) is 0 Å². The first-order chi connectivity index (χ1) is 8.31.